The lowest BCUT2D eigenvalue weighted by molar-refractivity contribution is 0.709. The molecule has 1 aliphatic rings. The molecule has 2 aromatic carbocycles. The van der Waals surface area contributed by atoms with Crippen molar-refractivity contribution in [3.63, 3.8) is 0 Å². The van der Waals surface area contributed by atoms with Gasteiger partial charge >= 0.3 is 0 Å². The number of hydrogen-bond donors (Lipinski definition) is 1. The van der Waals surface area contributed by atoms with Crippen LogP contribution in [-0.2, 0) is 6.54 Å². The molecule has 25 heavy (non-hydrogen) atoms. The maximum Gasteiger partial charge on any atom is 0.159 e. The molecule has 1 aliphatic heterocycles. The van der Waals surface area contributed by atoms with Crippen molar-refractivity contribution in [3.8, 4) is 5.69 Å². The highest BCUT2D eigenvalue weighted by Gasteiger charge is 2.25. The first-order valence-corrected chi connectivity index (χ1v) is 8.61. The lowest BCUT2D eigenvalue weighted by Gasteiger charge is -2.15. The van der Waals surface area contributed by atoms with E-state index in [-0.39, 0.29) is 6.04 Å². The third kappa shape index (κ3) is 2.74. The molecule has 5 nitrogen and oxygen atoms in total. The van der Waals surface area contributed by atoms with Gasteiger partial charge in [0.2, 0.25) is 0 Å². The Balaban J connectivity index is 2.01. The summed E-state index contributed by atoms with van der Waals surface area (Å²) in [6.07, 6.45) is 0. The van der Waals surface area contributed by atoms with Crippen LogP contribution in [0.4, 0.5) is 0 Å². The third-order valence-corrected chi connectivity index (χ3v) is 4.69. The molecule has 2 N–H and O–H groups in total. The van der Waals surface area contributed by atoms with Gasteiger partial charge in [-0.2, -0.15) is 0 Å². The zero-order valence-corrected chi connectivity index (χ0v) is 15.0. The minimum atomic E-state index is -0.258. The van der Waals surface area contributed by atoms with Gasteiger partial charge in [-0.3, -0.25) is 9.56 Å². The maximum atomic E-state index is 6.42. The van der Waals surface area contributed by atoms with Gasteiger partial charge in [-0.15, -0.1) is 10.2 Å². The van der Waals surface area contributed by atoms with Gasteiger partial charge in [0.05, 0.1) is 17.4 Å². The van der Waals surface area contributed by atoms with E-state index in [1.54, 1.807) is 0 Å². The van der Waals surface area contributed by atoms with E-state index in [4.69, 9.17) is 33.9 Å². The lowest BCUT2D eigenvalue weighted by atomic mass is 10.0. The van der Waals surface area contributed by atoms with Gasteiger partial charge in [-0.05, 0) is 31.2 Å². The molecular weight excluding hydrogens is 357 g/mol. The van der Waals surface area contributed by atoms with Crippen LogP contribution in [0.25, 0.3) is 5.69 Å². The van der Waals surface area contributed by atoms with E-state index in [2.05, 4.69) is 10.2 Å². The van der Waals surface area contributed by atoms with Crippen molar-refractivity contribution in [1.29, 1.82) is 0 Å². The Labute approximate surface area is 155 Å². The van der Waals surface area contributed by atoms with Gasteiger partial charge in [0.15, 0.2) is 11.6 Å². The van der Waals surface area contributed by atoms with Crippen LogP contribution in [0.15, 0.2) is 47.5 Å². The fourth-order valence-corrected chi connectivity index (χ4v) is 3.40. The van der Waals surface area contributed by atoms with Crippen molar-refractivity contribution in [2.24, 2.45) is 10.7 Å². The van der Waals surface area contributed by atoms with Crippen LogP contribution < -0.4 is 5.73 Å². The molecule has 2 heterocycles. The summed E-state index contributed by atoms with van der Waals surface area (Å²) >= 11 is 12.7. The van der Waals surface area contributed by atoms with Crippen molar-refractivity contribution < 1.29 is 0 Å². The van der Waals surface area contributed by atoms with E-state index < -0.39 is 0 Å². The average Bonchev–Trinajstić information content (AvgIpc) is 2.94. The summed E-state index contributed by atoms with van der Waals surface area (Å²) in [6.45, 7) is 2.26. The molecular formula is C18H15Cl2N5. The second-order valence-corrected chi connectivity index (χ2v) is 6.75. The smallest absolute Gasteiger partial charge is 0.159 e. The topological polar surface area (TPSA) is 69.1 Å². The van der Waals surface area contributed by atoms with Crippen molar-refractivity contribution >= 4 is 28.9 Å². The third-order valence-electron chi connectivity index (χ3n) is 4.12. The molecule has 0 saturated heterocycles. The molecule has 3 aromatic rings. The van der Waals surface area contributed by atoms with Crippen molar-refractivity contribution in [2.75, 3.05) is 0 Å². The highest BCUT2D eigenvalue weighted by atomic mass is 35.5. The molecule has 0 aliphatic carbocycles. The molecule has 126 valence electrons. The highest BCUT2D eigenvalue weighted by molar-refractivity contribution is 6.36. The molecule has 1 aromatic heterocycles. The van der Waals surface area contributed by atoms with E-state index in [1.807, 2.05) is 54.0 Å². The predicted molar refractivity (Wildman–Crippen MR) is 99.8 cm³/mol. The van der Waals surface area contributed by atoms with Crippen molar-refractivity contribution in [1.82, 2.24) is 14.8 Å². The lowest BCUT2D eigenvalue weighted by Crippen LogP contribution is -2.15. The molecule has 7 heteroatoms. The first-order valence-electron chi connectivity index (χ1n) is 7.85. The van der Waals surface area contributed by atoms with Crippen LogP contribution >= 0.6 is 23.2 Å². The molecule has 0 radical (unpaired) electrons. The summed E-state index contributed by atoms with van der Waals surface area (Å²) in [5, 5.41) is 9.76. The molecule has 4 rings (SSSR count). The van der Waals surface area contributed by atoms with Crippen LogP contribution in [-0.4, -0.2) is 20.5 Å². The summed E-state index contributed by atoms with van der Waals surface area (Å²) in [5.74, 6) is 1.42. The number of nitrogens with zero attached hydrogens (tertiary/aromatic N) is 4. The number of hydrogen-bond acceptors (Lipinski definition) is 4. The summed E-state index contributed by atoms with van der Waals surface area (Å²) < 4.78 is 1.96. The second kappa shape index (κ2) is 6.26. The quantitative estimate of drug-likeness (QED) is 0.741. The fourth-order valence-electron chi connectivity index (χ4n) is 3.00. The number of aliphatic imine (C=N–C) groups is 1. The van der Waals surface area contributed by atoms with Gasteiger partial charge in [0.1, 0.15) is 6.54 Å². The molecule has 0 fully saturated rings. The number of rotatable bonds is 2. The Kier molecular flexibility index (Phi) is 4.07. The van der Waals surface area contributed by atoms with Crippen LogP contribution in [0.2, 0.25) is 10.0 Å². The maximum absolute atomic E-state index is 6.42. The monoisotopic (exact) mass is 371 g/mol. The average molecular weight is 372 g/mol. The molecule has 0 bridgehead atoms. The fraction of sp³-hybridized carbons (Fsp3) is 0.167. The van der Waals surface area contributed by atoms with Gasteiger partial charge < -0.3 is 5.73 Å². The predicted octanol–water partition coefficient (Wildman–Crippen LogP) is 3.94. The van der Waals surface area contributed by atoms with Crippen LogP contribution in [0.3, 0.4) is 0 Å². The normalized spacial score (nSPS) is 14.3. The first kappa shape index (κ1) is 16.3. The number of benzene rings is 2. The highest BCUT2D eigenvalue weighted by Crippen LogP contribution is 2.31. The number of halogens is 2. The van der Waals surface area contributed by atoms with E-state index >= 15 is 0 Å². The molecule has 0 amide bonds. The van der Waals surface area contributed by atoms with Crippen LogP contribution in [0, 0.1) is 0 Å². The van der Waals surface area contributed by atoms with E-state index in [0.717, 1.165) is 28.4 Å². The zero-order valence-electron chi connectivity index (χ0n) is 13.4. The van der Waals surface area contributed by atoms with Crippen molar-refractivity contribution in [2.45, 2.75) is 19.5 Å². The van der Waals surface area contributed by atoms with E-state index in [9.17, 15) is 0 Å². The van der Waals surface area contributed by atoms with Gasteiger partial charge in [-0.25, -0.2) is 0 Å². The standard InChI is InChI=1S/C18H15Cl2N5/c1-10(21)18-24-23-16-9-22-17(12-4-2-3-5-14(12)20)13-8-11(19)6-7-15(13)25(16)18/h2-8,10H,9,21H2,1H3. The van der Waals surface area contributed by atoms with Gasteiger partial charge in [0, 0.05) is 21.2 Å². The number of fused-ring (bicyclic) bond motifs is 3. The van der Waals surface area contributed by atoms with E-state index in [0.29, 0.717) is 22.4 Å². The SMILES string of the molecule is CC(N)c1nnc2n1-c1ccc(Cl)cc1C(c1ccccc1Cl)=NC2. The Hall–Kier alpha value is -2.21. The van der Waals surface area contributed by atoms with E-state index in [1.165, 1.54) is 0 Å². The molecule has 0 spiro atoms. The summed E-state index contributed by atoms with van der Waals surface area (Å²) in [6, 6.07) is 13.0. The first-order chi connectivity index (χ1) is 12.1. The van der Waals surface area contributed by atoms with Gasteiger partial charge in [0.25, 0.3) is 0 Å². The Morgan fingerprint density at radius 2 is 1.88 bits per heavy atom. The Morgan fingerprint density at radius 3 is 2.64 bits per heavy atom. The van der Waals surface area contributed by atoms with Crippen LogP contribution in [0.1, 0.15) is 35.7 Å². The molecule has 0 saturated carbocycles. The number of aromatic nitrogens is 3. The number of nitrogens with two attached hydrogens (primary N) is 1. The summed E-state index contributed by atoms with van der Waals surface area (Å²) in [7, 11) is 0. The van der Waals surface area contributed by atoms with Gasteiger partial charge in [-0.1, -0.05) is 41.4 Å². The zero-order chi connectivity index (χ0) is 17.6. The Morgan fingerprint density at radius 1 is 1.08 bits per heavy atom. The molecule has 1 atom stereocenters. The Bertz CT molecular complexity index is 991. The second-order valence-electron chi connectivity index (χ2n) is 5.90. The molecule has 1 unspecified atom stereocenters. The summed E-state index contributed by atoms with van der Waals surface area (Å²) in [5.41, 5.74) is 9.49. The minimum absolute atomic E-state index is 0.258. The summed E-state index contributed by atoms with van der Waals surface area (Å²) in [4.78, 5) is 4.76. The minimum Gasteiger partial charge on any atom is -0.322 e. The van der Waals surface area contributed by atoms with Crippen molar-refractivity contribution in [3.05, 3.63) is 75.3 Å². The van der Waals surface area contributed by atoms with Crippen LogP contribution in [0.5, 0.6) is 0 Å². The largest absolute Gasteiger partial charge is 0.322 e.